The minimum Gasteiger partial charge on any atom is -0.462 e. The minimum atomic E-state index is -0.592. The van der Waals surface area contributed by atoms with Crippen molar-refractivity contribution in [3.05, 3.63) is 0 Å². The highest BCUT2D eigenvalue weighted by Crippen LogP contribution is 2.19. The van der Waals surface area contributed by atoms with Crippen LogP contribution in [-0.4, -0.2) is 18.4 Å². The number of hydrogen-bond acceptors (Lipinski definition) is 3. The van der Waals surface area contributed by atoms with E-state index in [2.05, 4.69) is 0 Å². The second-order valence-corrected chi connectivity index (χ2v) is 3.19. The summed E-state index contributed by atoms with van der Waals surface area (Å²) in [5.74, 6) is -0.354. The van der Waals surface area contributed by atoms with E-state index in [-0.39, 0.29) is 12.1 Å². The molecule has 1 atom stereocenters. The van der Waals surface area contributed by atoms with Crippen molar-refractivity contribution in [1.82, 2.24) is 0 Å². The molecule has 0 aromatic heterocycles. The second kappa shape index (κ2) is 3.51. The summed E-state index contributed by atoms with van der Waals surface area (Å²) in [5.41, 5.74) is -0.592. The van der Waals surface area contributed by atoms with Crippen molar-refractivity contribution in [3.63, 3.8) is 0 Å². The van der Waals surface area contributed by atoms with Crippen LogP contribution in [0.4, 0.5) is 0 Å². The highest BCUT2D eigenvalue weighted by Gasteiger charge is 2.27. The number of aldehydes is 1. The summed E-state index contributed by atoms with van der Waals surface area (Å²) >= 11 is 0. The normalized spacial score (nSPS) is 13.8. The van der Waals surface area contributed by atoms with Crippen molar-refractivity contribution in [1.29, 1.82) is 0 Å². The topological polar surface area (TPSA) is 43.4 Å². The van der Waals surface area contributed by atoms with Crippen LogP contribution in [0, 0.1) is 5.41 Å². The third-order valence-electron chi connectivity index (χ3n) is 1.69. The van der Waals surface area contributed by atoms with Gasteiger partial charge in [-0.05, 0) is 20.8 Å². The number of carbonyl (C=O) groups excluding carboxylic acids is 2. The van der Waals surface area contributed by atoms with E-state index in [1.807, 2.05) is 0 Å². The average Bonchev–Trinajstić information content (AvgIpc) is 1.86. The lowest BCUT2D eigenvalue weighted by atomic mass is 9.89. The first-order chi connectivity index (χ1) is 4.90. The molecule has 0 N–H and O–H groups in total. The van der Waals surface area contributed by atoms with Crippen molar-refractivity contribution in [2.45, 2.75) is 33.8 Å². The van der Waals surface area contributed by atoms with Crippen LogP contribution in [0.1, 0.15) is 27.7 Å². The lowest BCUT2D eigenvalue weighted by Gasteiger charge is -2.24. The van der Waals surface area contributed by atoms with Crippen molar-refractivity contribution in [3.8, 4) is 0 Å². The Morgan fingerprint density at radius 2 is 2.00 bits per heavy atom. The molecule has 3 heteroatoms. The SMILES string of the molecule is CC(=O)OC(C)C(C)(C)C=O. The van der Waals surface area contributed by atoms with Crippen LogP contribution < -0.4 is 0 Å². The van der Waals surface area contributed by atoms with E-state index in [4.69, 9.17) is 4.74 Å². The zero-order valence-electron chi connectivity index (χ0n) is 7.38. The van der Waals surface area contributed by atoms with Crippen LogP contribution in [0.2, 0.25) is 0 Å². The van der Waals surface area contributed by atoms with Gasteiger partial charge in [0.05, 0.1) is 5.41 Å². The largest absolute Gasteiger partial charge is 0.462 e. The summed E-state index contributed by atoms with van der Waals surface area (Å²) in [6, 6.07) is 0. The average molecular weight is 158 g/mol. The molecular formula is C8H14O3. The van der Waals surface area contributed by atoms with Gasteiger partial charge in [-0.3, -0.25) is 4.79 Å². The van der Waals surface area contributed by atoms with Gasteiger partial charge < -0.3 is 9.53 Å². The van der Waals surface area contributed by atoms with Gasteiger partial charge in [-0.15, -0.1) is 0 Å². The Labute approximate surface area is 66.7 Å². The van der Waals surface area contributed by atoms with Gasteiger partial charge in [-0.25, -0.2) is 0 Å². The van der Waals surface area contributed by atoms with E-state index in [1.165, 1.54) is 6.92 Å². The quantitative estimate of drug-likeness (QED) is 0.457. The molecule has 0 aliphatic carbocycles. The van der Waals surface area contributed by atoms with Crippen molar-refractivity contribution in [2.75, 3.05) is 0 Å². The Kier molecular flexibility index (Phi) is 3.23. The lowest BCUT2D eigenvalue weighted by molar-refractivity contribution is -0.152. The van der Waals surface area contributed by atoms with E-state index >= 15 is 0 Å². The zero-order valence-corrected chi connectivity index (χ0v) is 7.38. The maximum atomic E-state index is 10.5. The molecule has 0 bridgehead atoms. The third-order valence-corrected chi connectivity index (χ3v) is 1.69. The molecule has 0 saturated carbocycles. The van der Waals surface area contributed by atoms with Crippen molar-refractivity contribution < 1.29 is 14.3 Å². The Hall–Kier alpha value is -0.860. The van der Waals surface area contributed by atoms with Crippen LogP contribution in [0.5, 0.6) is 0 Å². The summed E-state index contributed by atoms with van der Waals surface area (Å²) in [6.07, 6.45) is 0.429. The molecule has 0 saturated heterocycles. The molecule has 0 aromatic carbocycles. The first-order valence-corrected chi connectivity index (χ1v) is 3.53. The van der Waals surface area contributed by atoms with Crippen LogP contribution >= 0.6 is 0 Å². The number of rotatable bonds is 3. The fourth-order valence-electron chi connectivity index (χ4n) is 0.497. The molecule has 0 fully saturated rings. The van der Waals surface area contributed by atoms with Gasteiger partial charge in [-0.1, -0.05) is 0 Å². The first kappa shape index (κ1) is 10.1. The second-order valence-electron chi connectivity index (χ2n) is 3.19. The van der Waals surface area contributed by atoms with Gasteiger partial charge in [0.25, 0.3) is 0 Å². The Bertz CT molecular complexity index is 161. The van der Waals surface area contributed by atoms with E-state index in [0.29, 0.717) is 0 Å². The third kappa shape index (κ3) is 3.16. The predicted molar refractivity (Wildman–Crippen MR) is 41.1 cm³/mol. The summed E-state index contributed by atoms with van der Waals surface area (Å²) in [7, 11) is 0. The summed E-state index contributed by atoms with van der Waals surface area (Å²) in [5, 5.41) is 0. The summed E-state index contributed by atoms with van der Waals surface area (Å²) in [4.78, 5) is 20.9. The maximum absolute atomic E-state index is 10.5. The molecule has 0 rings (SSSR count). The standard InChI is InChI=1S/C8H14O3/c1-6(11-7(2)10)8(3,4)5-9/h5-6H,1-4H3. The van der Waals surface area contributed by atoms with Gasteiger partial charge in [0.15, 0.2) is 0 Å². The molecule has 0 aliphatic heterocycles. The van der Waals surface area contributed by atoms with Crippen molar-refractivity contribution >= 4 is 12.3 Å². The smallest absolute Gasteiger partial charge is 0.302 e. The van der Waals surface area contributed by atoms with Crippen molar-refractivity contribution in [2.24, 2.45) is 5.41 Å². The lowest BCUT2D eigenvalue weighted by Crippen LogP contribution is -2.31. The molecule has 0 radical (unpaired) electrons. The molecule has 1 unspecified atom stereocenters. The molecule has 11 heavy (non-hydrogen) atoms. The molecule has 0 heterocycles. The summed E-state index contributed by atoms with van der Waals surface area (Å²) in [6.45, 7) is 6.49. The number of hydrogen-bond donors (Lipinski definition) is 0. The van der Waals surface area contributed by atoms with Gasteiger partial charge in [-0.2, -0.15) is 0 Å². The van der Waals surface area contributed by atoms with Gasteiger partial charge in [0.1, 0.15) is 12.4 Å². The molecule has 64 valence electrons. The highest BCUT2D eigenvalue weighted by molar-refractivity contribution is 5.67. The summed E-state index contributed by atoms with van der Waals surface area (Å²) < 4.78 is 4.84. The van der Waals surface area contributed by atoms with Crippen LogP contribution in [-0.2, 0) is 14.3 Å². The van der Waals surface area contributed by atoms with Gasteiger partial charge in [0.2, 0.25) is 0 Å². The zero-order chi connectivity index (χ0) is 9.07. The Morgan fingerprint density at radius 3 is 2.27 bits per heavy atom. The molecular weight excluding hydrogens is 144 g/mol. The molecule has 0 aliphatic rings. The van der Waals surface area contributed by atoms with E-state index < -0.39 is 5.41 Å². The van der Waals surface area contributed by atoms with Crippen LogP contribution in [0.3, 0.4) is 0 Å². The Balaban J connectivity index is 4.11. The van der Waals surface area contributed by atoms with E-state index in [9.17, 15) is 9.59 Å². The maximum Gasteiger partial charge on any atom is 0.302 e. The number of ether oxygens (including phenoxy) is 1. The number of carbonyl (C=O) groups is 2. The molecule has 3 nitrogen and oxygen atoms in total. The van der Waals surface area contributed by atoms with Gasteiger partial charge in [0, 0.05) is 6.92 Å². The van der Waals surface area contributed by atoms with Gasteiger partial charge >= 0.3 is 5.97 Å². The fraction of sp³-hybridized carbons (Fsp3) is 0.750. The fourth-order valence-corrected chi connectivity index (χ4v) is 0.497. The Morgan fingerprint density at radius 1 is 1.55 bits per heavy atom. The van der Waals surface area contributed by atoms with E-state index in [0.717, 1.165) is 6.29 Å². The van der Waals surface area contributed by atoms with Crippen LogP contribution in [0.25, 0.3) is 0 Å². The molecule has 0 aromatic rings. The molecule has 0 amide bonds. The minimum absolute atomic E-state index is 0.354. The highest BCUT2D eigenvalue weighted by atomic mass is 16.5. The first-order valence-electron chi connectivity index (χ1n) is 3.53. The molecule has 0 spiro atoms. The monoisotopic (exact) mass is 158 g/mol. The van der Waals surface area contributed by atoms with Crippen LogP contribution in [0.15, 0.2) is 0 Å². The predicted octanol–water partition coefficient (Wildman–Crippen LogP) is 1.16. The number of esters is 1. The van der Waals surface area contributed by atoms with E-state index in [1.54, 1.807) is 20.8 Å².